The number of rotatable bonds is 6. The highest BCUT2D eigenvalue weighted by atomic mass is 32.2. The molecule has 0 bridgehead atoms. The van der Waals surface area contributed by atoms with Crippen LogP contribution < -0.4 is 10.0 Å². The Hall–Kier alpha value is -3.26. The summed E-state index contributed by atoms with van der Waals surface area (Å²) in [6.07, 6.45) is 3.27. The molecular formula is C19H16FN3O3S. The number of aromatic nitrogens is 1. The standard InChI is InChI=1S/C19H16FN3O3S/c20-16-3-5-17(6-4-16)23-27(25,26)18-7-1-15(2-8-18)19(24)22-13-14-9-11-21-12-10-14/h1-12,23H,13H2,(H,22,24). The second kappa shape index (κ2) is 7.96. The number of carbonyl (C=O) groups is 1. The van der Waals surface area contributed by atoms with E-state index in [0.717, 1.165) is 17.7 Å². The van der Waals surface area contributed by atoms with Gasteiger partial charge in [0.05, 0.1) is 4.90 Å². The summed E-state index contributed by atoms with van der Waals surface area (Å²) in [5.41, 5.74) is 1.49. The zero-order chi connectivity index (χ0) is 19.3. The van der Waals surface area contributed by atoms with Crippen LogP contribution in [0.4, 0.5) is 10.1 Å². The van der Waals surface area contributed by atoms with Crippen molar-refractivity contribution < 1.29 is 17.6 Å². The van der Waals surface area contributed by atoms with Crippen LogP contribution in [0, 0.1) is 5.82 Å². The van der Waals surface area contributed by atoms with Crippen molar-refractivity contribution in [2.75, 3.05) is 4.72 Å². The van der Waals surface area contributed by atoms with Crippen LogP contribution in [0.2, 0.25) is 0 Å². The van der Waals surface area contributed by atoms with Gasteiger partial charge in [0.25, 0.3) is 15.9 Å². The fraction of sp³-hybridized carbons (Fsp3) is 0.0526. The van der Waals surface area contributed by atoms with Gasteiger partial charge in [-0.25, -0.2) is 12.8 Å². The van der Waals surface area contributed by atoms with E-state index < -0.39 is 15.8 Å². The van der Waals surface area contributed by atoms with E-state index in [1.54, 1.807) is 24.5 Å². The maximum atomic E-state index is 12.9. The summed E-state index contributed by atoms with van der Waals surface area (Å²) in [4.78, 5) is 16.1. The first-order valence-electron chi connectivity index (χ1n) is 7.99. The minimum absolute atomic E-state index is 0.00231. The number of carbonyl (C=O) groups excluding carboxylic acids is 1. The predicted octanol–water partition coefficient (Wildman–Crippen LogP) is 2.95. The van der Waals surface area contributed by atoms with E-state index in [4.69, 9.17) is 0 Å². The van der Waals surface area contributed by atoms with Crippen molar-refractivity contribution in [2.24, 2.45) is 0 Å². The number of sulfonamides is 1. The number of halogens is 1. The molecule has 1 amide bonds. The summed E-state index contributed by atoms with van der Waals surface area (Å²) in [7, 11) is -3.84. The Morgan fingerprint density at radius 1 is 0.926 bits per heavy atom. The van der Waals surface area contributed by atoms with E-state index in [2.05, 4.69) is 15.0 Å². The van der Waals surface area contributed by atoms with Crippen LogP contribution in [-0.4, -0.2) is 19.3 Å². The van der Waals surface area contributed by atoms with Crippen LogP contribution in [0.1, 0.15) is 15.9 Å². The van der Waals surface area contributed by atoms with Gasteiger partial charge in [0.15, 0.2) is 0 Å². The van der Waals surface area contributed by atoms with Crippen LogP contribution in [0.3, 0.4) is 0 Å². The molecule has 27 heavy (non-hydrogen) atoms. The molecule has 0 unspecified atom stereocenters. The van der Waals surface area contributed by atoms with E-state index in [1.807, 2.05) is 0 Å². The molecule has 8 heteroatoms. The largest absolute Gasteiger partial charge is 0.348 e. The van der Waals surface area contributed by atoms with Gasteiger partial charge >= 0.3 is 0 Å². The summed E-state index contributed by atoms with van der Waals surface area (Å²) >= 11 is 0. The summed E-state index contributed by atoms with van der Waals surface area (Å²) in [6, 6.07) is 14.1. The van der Waals surface area contributed by atoms with Gasteiger partial charge in [0, 0.05) is 30.2 Å². The highest BCUT2D eigenvalue weighted by molar-refractivity contribution is 7.92. The number of anilines is 1. The Labute approximate surface area is 156 Å². The van der Waals surface area contributed by atoms with E-state index in [0.29, 0.717) is 12.1 Å². The van der Waals surface area contributed by atoms with Crippen molar-refractivity contribution in [3.63, 3.8) is 0 Å². The molecule has 0 aliphatic rings. The average molecular weight is 385 g/mol. The van der Waals surface area contributed by atoms with Crippen LogP contribution in [-0.2, 0) is 16.6 Å². The average Bonchev–Trinajstić information content (AvgIpc) is 2.69. The fourth-order valence-electron chi connectivity index (χ4n) is 2.30. The van der Waals surface area contributed by atoms with E-state index >= 15 is 0 Å². The molecule has 0 saturated heterocycles. The summed E-state index contributed by atoms with van der Waals surface area (Å²) in [5, 5.41) is 2.75. The second-order valence-corrected chi connectivity index (χ2v) is 7.36. The number of pyridine rings is 1. The van der Waals surface area contributed by atoms with Crippen LogP contribution in [0.15, 0.2) is 78.0 Å². The Balaban J connectivity index is 1.66. The van der Waals surface area contributed by atoms with Crippen molar-refractivity contribution >= 4 is 21.6 Å². The monoisotopic (exact) mass is 385 g/mol. The molecule has 0 aliphatic carbocycles. The van der Waals surface area contributed by atoms with Crippen LogP contribution in [0.25, 0.3) is 0 Å². The van der Waals surface area contributed by atoms with Crippen molar-refractivity contribution in [1.82, 2.24) is 10.3 Å². The van der Waals surface area contributed by atoms with Gasteiger partial charge < -0.3 is 5.32 Å². The first kappa shape index (κ1) is 18.5. The third kappa shape index (κ3) is 4.89. The number of nitrogens with zero attached hydrogens (tertiary/aromatic N) is 1. The van der Waals surface area contributed by atoms with Crippen molar-refractivity contribution in [3.05, 3.63) is 90.0 Å². The Bertz CT molecular complexity index is 1020. The molecule has 6 nitrogen and oxygen atoms in total. The molecule has 138 valence electrons. The SMILES string of the molecule is O=C(NCc1ccncc1)c1ccc(S(=O)(=O)Nc2ccc(F)cc2)cc1. The molecule has 2 aromatic carbocycles. The summed E-state index contributed by atoms with van der Waals surface area (Å²) in [5.74, 6) is -0.776. The zero-order valence-corrected chi connectivity index (χ0v) is 14.9. The molecule has 0 fully saturated rings. The zero-order valence-electron chi connectivity index (χ0n) is 14.1. The molecule has 3 aromatic rings. The Morgan fingerprint density at radius 3 is 2.19 bits per heavy atom. The van der Waals surface area contributed by atoms with Crippen molar-refractivity contribution in [1.29, 1.82) is 0 Å². The molecule has 0 radical (unpaired) electrons. The third-order valence-corrected chi connectivity index (χ3v) is 5.12. The van der Waals surface area contributed by atoms with Gasteiger partial charge in [-0.1, -0.05) is 0 Å². The molecule has 0 aliphatic heterocycles. The number of nitrogens with one attached hydrogen (secondary N) is 2. The van der Waals surface area contributed by atoms with Gasteiger partial charge in [-0.05, 0) is 66.2 Å². The fourth-order valence-corrected chi connectivity index (χ4v) is 3.36. The molecular weight excluding hydrogens is 369 g/mol. The first-order valence-corrected chi connectivity index (χ1v) is 9.48. The van der Waals surface area contributed by atoms with Crippen LogP contribution >= 0.6 is 0 Å². The molecule has 0 saturated carbocycles. The van der Waals surface area contributed by atoms with E-state index in [-0.39, 0.29) is 16.5 Å². The summed E-state index contributed by atoms with van der Waals surface area (Å²) < 4.78 is 40.0. The minimum Gasteiger partial charge on any atom is -0.348 e. The predicted molar refractivity (Wildman–Crippen MR) is 99.1 cm³/mol. The highest BCUT2D eigenvalue weighted by Crippen LogP contribution is 2.17. The lowest BCUT2D eigenvalue weighted by Crippen LogP contribution is -2.23. The highest BCUT2D eigenvalue weighted by Gasteiger charge is 2.15. The second-order valence-electron chi connectivity index (χ2n) is 5.67. The molecule has 3 rings (SSSR count). The number of hydrogen-bond acceptors (Lipinski definition) is 4. The Kier molecular flexibility index (Phi) is 5.46. The van der Waals surface area contributed by atoms with Gasteiger partial charge in [0.1, 0.15) is 5.82 Å². The molecule has 1 aromatic heterocycles. The van der Waals surface area contributed by atoms with Gasteiger partial charge in [-0.3, -0.25) is 14.5 Å². The lowest BCUT2D eigenvalue weighted by atomic mass is 10.2. The molecule has 2 N–H and O–H groups in total. The van der Waals surface area contributed by atoms with Gasteiger partial charge in [-0.15, -0.1) is 0 Å². The molecule has 0 spiro atoms. The lowest BCUT2D eigenvalue weighted by molar-refractivity contribution is 0.0951. The van der Waals surface area contributed by atoms with E-state index in [1.165, 1.54) is 36.4 Å². The maximum Gasteiger partial charge on any atom is 0.261 e. The molecule has 1 heterocycles. The normalized spacial score (nSPS) is 11.0. The number of benzene rings is 2. The smallest absolute Gasteiger partial charge is 0.261 e. The van der Waals surface area contributed by atoms with Gasteiger partial charge in [0.2, 0.25) is 0 Å². The number of amides is 1. The summed E-state index contributed by atoms with van der Waals surface area (Å²) in [6.45, 7) is 0.341. The number of hydrogen-bond donors (Lipinski definition) is 2. The maximum absolute atomic E-state index is 12.9. The van der Waals surface area contributed by atoms with Crippen molar-refractivity contribution in [3.8, 4) is 0 Å². The first-order chi connectivity index (χ1) is 12.9. The topological polar surface area (TPSA) is 88.2 Å². The lowest BCUT2D eigenvalue weighted by Gasteiger charge is -2.09. The van der Waals surface area contributed by atoms with Gasteiger partial charge in [-0.2, -0.15) is 0 Å². The quantitative estimate of drug-likeness (QED) is 0.683. The third-order valence-electron chi connectivity index (χ3n) is 3.73. The Morgan fingerprint density at radius 2 is 1.56 bits per heavy atom. The van der Waals surface area contributed by atoms with Crippen LogP contribution in [0.5, 0.6) is 0 Å². The molecule has 0 atom stereocenters. The van der Waals surface area contributed by atoms with Crippen molar-refractivity contribution in [2.45, 2.75) is 11.4 Å². The van der Waals surface area contributed by atoms with E-state index in [9.17, 15) is 17.6 Å². The minimum atomic E-state index is -3.84.